The SMILES string of the molecule is CCC1(c2ccccc2)NC(=O)N(CC(=O)OCC(=O)c2ccc(NC(=O)c3ccccc3)cc2)C1=O. The number of anilines is 1. The summed E-state index contributed by atoms with van der Waals surface area (Å²) in [7, 11) is 0. The molecule has 188 valence electrons. The fourth-order valence-electron chi connectivity index (χ4n) is 4.07. The largest absolute Gasteiger partial charge is 0.456 e. The lowest BCUT2D eigenvalue weighted by Gasteiger charge is -2.25. The Labute approximate surface area is 213 Å². The molecule has 1 atom stereocenters. The van der Waals surface area contributed by atoms with Crippen LogP contribution in [0.15, 0.2) is 84.9 Å². The van der Waals surface area contributed by atoms with Crippen LogP contribution in [0, 0.1) is 0 Å². The second kappa shape index (κ2) is 10.9. The van der Waals surface area contributed by atoms with E-state index in [1.807, 2.05) is 6.07 Å². The number of nitrogens with zero attached hydrogens (tertiary/aromatic N) is 1. The Bertz CT molecular complexity index is 1330. The van der Waals surface area contributed by atoms with E-state index >= 15 is 0 Å². The van der Waals surface area contributed by atoms with Crippen molar-refractivity contribution >= 4 is 35.3 Å². The fourth-order valence-corrected chi connectivity index (χ4v) is 4.07. The topological polar surface area (TPSA) is 122 Å². The van der Waals surface area contributed by atoms with Gasteiger partial charge in [-0.25, -0.2) is 4.79 Å². The average molecular weight is 500 g/mol. The number of rotatable bonds is 9. The molecule has 0 saturated carbocycles. The van der Waals surface area contributed by atoms with E-state index in [0.717, 1.165) is 4.90 Å². The van der Waals surface area contributed by atoms with Crippen LogP contribution in [0.2, 0.25) is 0 Å². The quantitative estimate of drug-likeness (QED) is 0.264. The molecule has 1 unspecified atom stereocenters. The predicted octanol–water partition coefficient (Wildman–Crippen LogP) is 3.52. The van der Waals surface area contributed by atoms with Gasteiger partial charge < -0.3 is 15.4 Å². The van der Waals surface area contributed by atoms with Crippen molar-refractivity contribution in [3.63, 3.8) is 0 Å². The molecule has 0 bridgehead atoms. The zero-order valence-electron chi connectivity index (χ0n) is 20.1. The molecule has 1 aliphatic heterocycles. The highest BCUT2D eigenvalue weighted by Gasteiger charge is 2.51. The Morgan fingerprint density at radius 3 is 2.11 bits per heavy atom. The Morgan fingerprint density at radius 2 is 1.49 bits per heavy atom. The number of carbonyl (C=O) groups is 5. The zero-order chi connectivity index (χ0) is 26.4. The molecular weight excluding hydrogens is 474 g/mol. The molecule has 0 aromatic heterocycles. The first-order valence-electron chi connectivity index (χ1n) is 11.7. The third-order valence-electron chi connectivity index (χ3n) is 6.12. The van der Waals surface area contributed by atoms with Gasteiger partial charge in [0.2, 0.25) is 0 Å². The number of urea groups is 1. The van der Waals surface area contributed by atoms with Crippen molar-refractivity contribution < 1.29 is 28.7 Å². The number of benzene rings is 3. The summed E-state index contributed by atoms with van der Waals surface area (Å²) in [6.07, 6.45) is 0.299. The van der Waals surface area contributed by atoms with Crippen LogP contribution in [0.4, 0.5) is 10.5 Å². The summed E-state index contributed by atoms with van der Waals surface area (Å²) in [5.41, 5.74) is 0.630. The second-order valence-corrected chi connectivity index (χ2v) is 8.43. The molecule has 1 heterocycles. The predicted molar refractivity (Wildman–Crippen MR) is 135 cm³/mol. The van der Waals surface area contributed by atoms with Gasteiger partial charge in [-0.3, -0.25) is 24.1 Å². The van der Waals surface area contributed by atoms with E-state index < -0.39 is 42.4 Å². The standard InChI is InChI=1S/C28H25N3O6/c1-2-28(21-11-7-4-8-12-21)26(35)31(27(36)30-28)17-24(33)37-18-23(32)19-13-15-22(16-14-19)29-25(34)20-9-5-3-6-10-20/h3-16H,2,17-18H2,1H3,(H,29,34)(H,30,36). The number of carbonyl (C=O) groups excluding carboxylic acids is 5. The van der Waals surface area contributed by atoms with E-state index in [1.165, 1.54) is 12.1 Å². The van der Waals surface area contributed by atoms with E-state index in [9.17, 15) is 24.0 Å². The van der Waals surface area contributed by atoms with E-state index in [-0.39, 0.29) is 11.5 Å². The number of amides is 4. The van der Waals surface area contributed by atoms with Gasteiger partial charge in [-0.15, -0.1) is 0 Å². The maximum atomic E-state index is 13.1. The smallest absolute Gasteiger partial charge is 0.326 e. The summed E-state index contributed by atoms with van der Waals surface area (Å²) in [6, 6.07) is 22.9. The summed E-state index contributed by atoms with van der Waals surface area (Å²) < 4.78 is 5.04. The molecule has 37 heavy (non-hydrogen) atoms. The van der Waals surface area contributed by atoms with Gasteiger partial charge in [0.05, 0.1) is 0 Å². The van der Waals surface area contributed by atoms with Gasteiger partial charge >= 0.3 is 12.0 Å². The Balaban J connectivity index is 1.31. The molecule has 1 aliphatic rings. The molecule has 0 aliphatic carbocycles. The highest BCUT2D eigenvalue weighted by Crippen LogP contribution is 2.32. The lowest BCUT2D eigenvalue weighted by atomic mass is 9.87. The highest BCUT2D eigenvalue weighted by molar-refractivity contribution is 6.09. The van der Waals surface area contributed by atoms with Crippen molar-refractivity contribution in [1.29, 1.82) is 0 Å². The van der Waals surface area contributed by atoms with Crippen molar-refractivity contribution in [2.45, 2.75) is 18.9 Å². The minimum Gasteiger partial charge on any atom is -0.456 e. The van der Waals surface area contributed by atoms with E-state index in [2.05, 4.69) is 10.6 Å². The number of esters is 1. The fraction of sp³-hybridized carbons (Fsp3) is 0.179. The van der Waals surface area contributed by atoms with Crippen molar-refractivity contribution in [1.82, 2.24) is 10.2 Å². The number of imide groups is 1. The number of Topliss-reactive ketones (excluding diaryl/α,β-unsaturated/α-hetero) is 1. The first-order valence-corrected chi connectivity index (χ1v) is 11.7. The van der Waals surface area contributed by atoms with E-state index in [4.69, 9.17) is 4.74 Å². The zero-order valence-corrected chi connectivity index (χ0v) is 20.1. The molecule has 3 aromatic rings. The molecule has 3 aromatic carbocycles. The van der Waals surface area contributed by atoms with Crippen LogP contribution in [0.1, 0.15) is 39.6 Å². The summed E-state index contributed by atoms with van der Waals surface area (Å²) >= 11 is 0. The summed E-state index contributed by atoms with van der Waals surface area (Å²) in [5, 5.41) is 5.43. The molecule has 9 heteroatoms. The van der Waals surface area contributed by atoms with E-state index in [0.29, 0.717) is 23.2 Å². The summed E-state index contributed by atoms with van der Waals surface area (Å²) in [6.45, 7) is 0.594. The van der Waals surface area contributed by atoms with Crippen LogP contribution >= 0.6 is 0 Å². The highest BCUT2D eigenvalue weighted by atomic mass is 16.5. The Hall–Kier alpha value is -4.79. The normalized spacial score (nSPS) is 16.7. The number of hydrogen-bond donors (Lipinski definition) is 2. The molecule has 4 rings (SSSR count). The van der Waals surface area contributed by atoms with Gasteiger partial charge in [-0.05, 0) is 48.4 Å². The second-order valence-electron chi connectivity index (χ2n) is 8.43. The lowest BCUT2D eigenvalue weighted by Crippen LogP contribution is -2.44. The number of ketones is 1. The molecule has 2 N–H and O–H groups in total. The van der Waals surface area contributed by atoms with Gasteiger partial charge in [0.15, 0.2) is 12.4 Å². The van der Waals surface area contributed by atoms with E-state index in [1.54, 1.807) is 73.7 Å². The molecule has 4 amide bonds. The van der Waals surface area contributed by atoms with Gasteiger partial charge in [0.25, 0.3) is 11.8 Å². The molecule has 1 fully saturated rings. The Kier molecular flexibility index (Phi) is 7.43. The molecule has 0 radical (unpaired) electrons. The van der Waals surface area contributed by atoms with Gasteiger partial charge in [0, 0.05) is 16.8 Å². The van der Waals surface area contributed by atoms with Crippen LogP contribution in [0.3, 0.4) is 0 Å². The average Bonchev–Trinajstić information content (AvgIpc) is 3.18. The summed E-state index contributed by atoms with van der Waals surface area (Å²) in [4.78, 5) is 63.5. The minimum absolute atomic E-state index is 0.273. The maximum absolute atomic E-state index is 13.1. The molecule has 0 spiro atoms. The third kappa shape index (κ3) is 5.40. The van der Waals surface area contributed by atoms with Gasteiger partial charge in [0.1, 0.15) is 12.1 Å². The number of ether oxygens (including phenoxy) is 1. The monoisotopic (exact) mass is 499 g/mol. The van der Waals surface area contributed by atoms with Crippen molar-refractivity contribution in [3.05, 3.63) is 102 Å². The first-order chi connectivity index (χ1) is 17.8. The summed E-state index contributed by atoms with van der Waals surface area (Å²) in [5.74, 6) is -2.20. The minimum atomic E-state index is -1.26. The number of hydrogen-bond acceptors (Lipinski definition) is 6. The van der Waals surface area contributed by atoms with Gasteiger partial charge in [-0.1, -0.05) is 55.5 Å². The van der Waals surface area contributed by atoms with Crippen LogP contribution in [-0.4, -0.2) is 47.6 Å². The first kappa shape index (κ1) is 25.3. The molecular formula is C28H25N3O6. The van der Waals surface area contributed by atoms with Crippen LogP contribution < -0.4 is 10.6 Å². The number of nitrogens with one attached hydrogen (secondary N) is 2. The third-order valence-corrected chi connectivity index (χ3v) is 6.12. The van der Waals surface area contributed by atoms with Crippen LogP contribution in [0.25, 0.3) is 0 Å². The Morgan fingerprint density at radius 1 is 0.865 bits per heavy atom. The maximum Gasteiger partial charge on any atom is 0.326 e. The van der Waals surface area contributed by atoms with Crippen molar-refractivity contribution in [2.75, 3.05) is 18.5 Å². The van der Waals surface area contributed by atoms with Crippen molar-refractivity contribution in [2.24, 2.45) is 0 Å². The lowest BCUT2D eigenvalue weighted by molar-refractivity contribution is -0.147. The van der Waals surface area contributed by atoms with Gasteiger partial charge in [-0.2, -0.15) is 0 Å². The van der Waals surface area contributed by atoms with Crippen LogP contribution in [0.5, 0.6) is 0 Å². The molecule has 9 nitrogen and oxygen atoms in total. The molecule has 1 saturated heterocycles. The van der Waals surface area contributed by atoms with Crippen molar-refractivity contribution in [3.8, 4) is 0 Å². The van der Waals surface area contributed by atoms with Crippen LogP contribution in [-0.2, 0) is 19.9 Å².